The predicted molar refractivity (Wildman–Crippen MR) is 127 cm³/mol. The second kappa shape index (κ2) is 10.9. The Morgan fingerprint density at radius 1 is 0.667 bits per heavy atom. The Labute approximate surface area is 192 Å². The number of carbonyl (C=O) groups excluding carboxylic acids is 2. The van der Waals surface area contributed by atoms with Crippen LogP contribution in [0, 0.1) is 0 Å². The Hall–Kier alpha value is -4.22. The number of hydrogen-bond donors (Lipinski definition) is 1. The lowest BCUT2D eigenvalue weighted by Crippen LogP contribution is -2.18. The zero-order valence-electron chi connectivity index (χ0n) is 17.9. The molecule has 0 radical (unpaired) electrons. The molecule has 33 heavy (non-hydrogen) atoms. The van der Waals surface area contributed by atoms with Crippen LogP contribution in [-0.2, 0) is 9.53 Å². The van der Waals surface area contributed by atoms with Crippen LogP contribution in [0.15, 0.2) is 115 Å². The molecule has 164 valence electrons. The molecular formula is C28H23NO4. The van der Waals surface area contributed by atoms with Gasteiger partial charge in [0.1, 0.15) is 18.5 Å². The molecule has 4 aromatic rings. The highest BCUT2D eigenvalue weighted by molar-refractivity contribution is 6.04. The minimum absolute atomic E-state index is 0.207. The molecule has 0 fully saturated rings. The van der Waals surface area contributed by atoms with Crippen molar-refractivity contribution in [1.29, 1.82) is 0 Å². The van der Waals surface area contributed by atoms with E-state index in [4.69, 9.17) is 9.47 Å². The van der Waals surface area contributed by atoms with Crippen molar-refractivity contribution in [3.8, 4) is 5.75 Å². The van der Waals surface area contributed by atoms with E-state index >= 15 is 0 Å². The van der Waals surface area contributed by atoms with Gasteiger partial charge in [0.2, 0.25) is 0 Å². The van der Waals surface area contributed by atoms with E-state index in [1.807, 2.05) is 66.7 Å². The topological polar surface area (TPSA) is 64.6 Å². The summed E-state index contributed by atoms with van der Waals surface area (Å²) in [7, 11) is 0. The van der Waals surface area contributed by atoms with Crippen LogP contribution in [0.3, 0.4) is 0 Å². The summed E-state index contributed by atoms with van der Waals surface area (Å²) >= 11 is 0. The lowest BCUT2D eigenvalue weighted by molar-refractivity contribution is -0.140. The second-order valence-corrected chi connectivity index (χ2v) is 7.33. The highest BCUT2D eigenvalue weighted by Gasteiger charge is 2.17. The van der Waals surface area contributed by atoms with Gasteiger partial charge in [-0.3, -0.25) is 4.79 Å². The van der Waals surface area contributed by atoms with E-state index < -0.39 is 5.97 Å². The molecule has 0 saturated heterocycles. The van der Waals surface area contributed by atoms with Crippen molar-refractivity contribution >= 4 is 17.6 Å². The lowest BCUT2D eigenvalue weighted by Gasteiger charge is -2.18. The zero-order chi connectivity index (χ0) is 22.9. The summed E-state index contributed by atoms with van der Waals surface area (Å²) in [6.45, 7) is -0.207. The molecule has 0 bridgehead atoms. The number of carbonyl (C=O) groups is 2. The van der Waals surface area contributed by atoms with Crippen molar-refractivity contribution in [2.75, 3.05) is 11.9 Å². The van der Waals surface area contributed by atoms with Crippen LogP contribution in [0.25, 0.3) is 0 Å². The summed E-state index contributed by atoms with van der Waals surface area (Å²) in [5, 5.41) is 2.81. The largest absolute Gasteiger partial charge is 0.425 e. The van der Waals surface area contributed by atoms with E-state index in [-0.39, 0.29) is 18.6 Å². The van der Waals surface area contributed by atoms with Gasteiger partial charge in [0.15, 0.2) is 0 Å². The van der Waals surface area contributed by atoms with Crippen molar-refractivity contribution in [2.24, 2.45) is 0 Å². The average molecular weight is 437 g/mol. The molecule has 0 spiro atoms. The van der Waals surface area contributed by atoms with E-state index in [0.717, 1.165) is 11.1 Å². The molecule has 0 aliphatic heterocycles. The van der Waals surface area contributed by atoms with Crippen molar-refractivity contribution < 1.29 is 19.1 Å². The van der Waals surface area contributed by atoms with E-state index in [0.29, 0.717) is 17.0 Å². The van der Waals surface area contributed by atoms with Gasteiger partial charge in [-0.05, 0) is 47.5 Å². The maximum Gasteiger partial charge on any atom is 0.337 e. The summed E-state index contributed by atoms with van der Waals surface area (Å²) in [5.41, 5.74) is 3.08. The van der Waals surface area contributed by atoms with E-state index in [1.54, 1.807) is 48.5 Å². The third-order valence-electron chi connectivity index (χ3n) is 4.95. The van der Waals surface area contributed by atoms with Crippen LogP contribution < -0.4 is 10.1 Å². The predicted octanol–water partition coefficient (Wildman–Crippen LogP) is 5.65. The highest BCUT2D eigenvalue weighted by atomic mass is 16.6. The van der Waals surface area contributed by atoms with Gasteiger partial charge in [-0.15, -0.1) is 0 Å². The van der Waals surface area contributed by atoms with Crippen LogP contribution in [0.4, 0.5) is 5.69 Å². The molecule has 4 rings (SSSR count). The van der Waals surface area contributed by atoms with Crippen LogP contribution in [0.1, 0.15) is 27.6 Å². The smallest absolute Gasteiger partial charge is 0.337 e. The third kappa shape index (κ3) is 6.15. The van der Waals surface area contributed by atoms with E-state index in [2.05, 4.69) is 5.32 Å². The van der Waals surface area contributed by atoms with Crippen LogP contribution >= 0.6 is 0 Å². The summed E-state index contributed by atoms with van der Waals surface area (Å²) < 4.78 is 11.3. The van der Waals surface area contributed by atoms with Crippen molar-refractivity contribution in [2.45, 2.75) is 6.10 Å². The van der Waals surface area contributed by atoms with Gasteiger partial charge in [-0.1, -0.05) is 78.9 Å². The molecule has 0 aliphatic rings. The number of benzene rings is 4. The van der Waals surface area contributed by atoms with Gasteiger partial charge in [0.25, 0.3) is 5.91 Å². The molecule has 4 aromatic carbocycles. The Kier molecular flexibility index (Phi) is 7.25. The van der Waals surface area contributed by atoms with Crippen LogP contribution in [-0.4, -0.2) is 18.5 Å². The molecule has 0 aliphatic carbocycles. The number of amides is 1. The lowest BCUT2D eigenvalue weighted by atomic mass is 10.0. The Bertz CT molecular complexity index is 1140. The Morgan fingerprint density at radius 2 is 1.18 bits per heavy atom. The first-order valence-electron chi connectivity index (χ1n) is 10.6. The van der Waals surface area contributed by atoms with Gasteiger partial charge in [-0.25, -0.2) is 4.79 Å². The highest BCUT2D eigenvalue weighted by Crippen LogP contribution is 2.26. The summed E-state index contributed by atoms with van der Waals surface area (Å²) in [5.74, 6) is -0.341. The van der Waals surface area contributed by atoms with E-state index in [1.165, 1.54) is 0 Å². The van der Waals surface area contributed by atoms with Crippen molar-refractivity contribution in [3.63, 3.8) is 0 Å². The molecule has 0 unspecified atom stereocenters. The first kappa shape index (κ1) is 22.0. The summed E-state index contributed by atoms with van der Waals surface area (Å²) in [6.07, 6.45) is -0.379. The maximum atomic E-state index is 12.4. The minimum Gasteiger partial charge on any atom is -0.425 e. The fraction of sp³-hybridized carbons (Fsp3) is 0.0714. The monoisotopic (exact) mass is 437 g/mol. The van der Waals surface area contributed by atoms with Gasteiger partial charge in [-0.2, -0.15) is 0 Å². The first-order chi connectivity index (χ1) is 16.2. The van der Waals surface area contributed by atoms with Crippen LogP contribution in [0.2, 0.25) is 0 Å². The average Bonchev–Trinajstić information content (AvgIpc) is 2.87. The van der Waals surface area contributed by atoms with Crippen LogP contribution in [0.5, 0.6) is 5.75 Å². The van der Waals surface area contributed by atoms with Crippen molar-refractivity contribution in [3.05, 3.63) is 132 Å². The van der Waals surface area contributed by atoms with Gasteiger partial charge in [0, 0.05) is 11.3 Å². The zero-order valence-corrected chi connectivity index (χ0v) is 17.9. The summed E-state index contributed by atoms with van der Waals surface area (Å²) in [4.78, 5) is 24.7. The molecule has 0 aromatic heterocycles. The molecule has 0 atom stereocenters. The van der Waals surface area contributed by atoms with Gasteiger partial charge in [0.05, 0.1) is 0 Å². The fourth-order valence-corrected chi connectivity index (χ4v) is 3.35. The molecule has 0 saturated carbocycles. The normalized spacial score (nSPS) is 10.6. The van der Waals surface area contributed by atoms with E-state index in [9.17, 15) is 9.59 Å². The number of anilines is 1. The fourth-order valence-electron chi connectivity index (χ4n) is 3.35. The molecular weight excluding hydrogens is 414 g/mol. The molecule has 1 N–H and O–H groups in total. The minimum atomic E-state index is -0.507. The number of esters is 1. The number of nitrogens with one attached hydrogen (secondary N) is 1. The number of ether oxygens (including phenoxy) is 2. The Balaban J connectivity index is 1.34. The molecule has 5 heteroatoms. The third-order valence-corrected chi connectivity index (χ3v) is 4.95. The maximum absolute atomic E-state index is 12.4. The Morgan fingerprint density at radius 3 is 1.73 bits per heavy atom. The number of rotatable bonds is 8. The molecule has 5 nitrogen and oxygen atoms in total. The first-order valence-corrected chi connectivity index (χ1v) is 10.6. The number of hydrogen-bond acceptors (Lipinski definition) is 4. The molecule has 1 amide bonds. The van der Waals surface area contributed by atoms with Gasteiger partial charge < -0.3 is 14.8 Å². The van der Waals surface area contributed by atoms with Crippen molar-refractivity contribution in [1.82, 2.24) is 0 Å². The second-order valence-electron chi connectivity index (χ2n) is 7.33. The SMILES string of the molecule is O=C(COC(c1ccccc1)c1ccccc1)Oc1ccc(NC(=O)c2ccccc2)cc1. The quantitative estimate of drug-likeness (QED) is 0.286. The van der Waals surface area contributed by atoms with Gasteiger partial charge >= 0.3 is 5.97 Å². The standard InChI is InChI=1S/C28H23NO4/c30-26(20-32-27(21-10-4-1-5-11-21)22-12-6-2-7-13-22)33-25-18-16-24(17-19-25)29-28(31)23-14-8-3-9-15-23/h1-19,27H,20H2,(H,29,31). The summed E-state index contributed by atoms with van der Waals surface area (Å²) in [6, 6.07) is 35.0. The molecule has 0 heterocycles.